The number of hydrazone groups is 1. The molecule has 0 saturated carbocycles. The molecule has 0 unspecified atom stereocenters. The number of carbonyl (C=O) groups excluding carboxylic acids is 1. The molecule has 2 aromatic rings. The van der Waals surface area contributed by atoms with Crippen molar-refractivity contribution in [1.29, 1.82) is 0 Å². The molecular formula is C20H24N2O2. The van der Waals surface area contributed by atoms with Crippen molar-refractivity contribution in [2.75, 3.05) is 6.61 Å². The maximum Gasteiger partial charge on any atom is 0.277 e. The summed E-state index contributed by atoms with van der Waals surface area (Å²) in [5.74, 6) is 0.452. The Hall–Kier alpha value is -2.62. The molecule has 126 valence electrons. The highest BCUT2D eigenvalue weighted by Crippen LogP contribution is 2.31. The number of amides is 1. The smallest absolute Gasteiger partial charge is 0.277 e. The molecule has 4 heteroatoms. The van der Waals surface area contributed by atoms with Crippen molar-refractivity contribution >= 4 is 12.1 Å². The van der Waals surface area contributed by atoms with Gasteiger partial charge in [0.25, 0.3) is 5.91 Å². The molecule has 0 saturated heterocycles. The van der Waals surface area contributed by atoms with Crippen LogP contribution in [0.4, 0.5) is 0 Å². The third kappa shape index (κ3) is 5.23. The van der Waals surface area contributed by atoms with Gasteiger partial charge in [-0.15, -0.1) is 0 Å². The lowest BCUT2D eigenvalue weighted by molar-refractivity contribution is -0.123. The van der Waals surface area contributed by atoms with E-state index in [1.165, 1.54) is 0 Å². The van der Waals surface area contributed by atoms with Gasteiger partial charge in [0.15, 0.2) is 6.61 Å². The molecule has 0 aromatic heterocycles. The number of ether oxygens (including phenoxy) is 1. The Morgan fingerprint density at radius 2 is 1.88 bits per heavy atom. The Labute approximate surface area is 143 Å². The van der Waals surface area contributed by atoms with Gasteiger partial charge in [-0.2, -0.15) is 5.10 Å². The minimum absolute atomic E-state index is 0.0506. The van der Waals surface area contributed by atoms with Crippen molar-refractivity contribution in [1.82, 2.24) is 5.43 Å². The Bertz CT molecular complexity index is 716. The predicted octanol–water partition coefficient (Wildman–Crippen LogP) is 3.82. The van der Waals surface area contributed by atoms with Crippen LogP contribution < -0.4 is 10.2 Å². The van der Waals surface area contributed by atoms with Crippen LogP contribution in [0.25, 0.3) is 0 Å². The summed E-state index contributed by atoms with van der Waals surface area (Å²) < 4.78 is 5.72. The lowest BCUT2D eigenvalue weighted by Gasteiger charge is -2.23. The molecule has 0 bridgehead atoms. The van der Waals surface area contributed by atoms with Gasteiger partial charge in [0.2, 0.25) is 0 Å². The van der Waals surface area contributed by atoms with Crippen LogP contribution in [0.5, 0.6) is 5.75 Å². The third-order valence-corrected chi connectivity index (χ3v) is 3.51. The SMILES string of the molecule is Cc1ccc(C(C)(C)C)c(OCC(=O)NN=Cc2ccccc2)c1. The maximum absolute atomic E-state index is 11.9. The summed E-state index contributed by atoms with van der Waals surface area (Å²) in [6, 6.07) is 15.6. The molecule has 2 aromatic carbocycles. The summed E-state index contributed by atoms with van der Waals surface area (Å²) in [6.45, 7) is 8.29. The second-order valence-electron chi connectivity index (χ2n) is 6.74. The van der Waals surface area contributed by atoms with E-state index in [0.29, 0.717) is 0 Å². The van der Waals surface area contributed by atoms with Crippen LogP contribution in [0, 0.1) is 6.92 Å². The van der Waals surface area contributed by atoms with E-state index < -0.39 is 0 Å². The third-order valence-electron chi connectivity index (χ3n) is 3.51. The Balaban J connectivity index is 1.94. The number of aryl methyl sites for hydroxylation is 1. The Morgan fingerprint density at radius 3 is 2.54 bits per heavy atom. The van der Waals surface area contributed by atoms with Crippen molar-refractivity contribution in [2.45, 2.75) is 33.1 Å². The van der Waals surface area contributed by atoms with Crippen LogP contribution in [0.2, 0.25) is 0 Å². The van der Waals surface area contributed by atoms with Crippen molar-refractivity contribution < 1.29 is 9.53 Å². The van der Waals surface area contributed by atoms with E-state index in [2.05, 4.69) is 43.4 Å². The first-order valence-electron chi connectivity index (χ1n) is 7.97. The van der Waals surface area contributed by atoms with E-state index in [1.807, 2.05) is 43.3 Å². The summed E-state index contributed by atoms with van der Waals surface area (Å²) in [5.41, 5.74) is 5.53. The second-order valence-corrected chi connectivity index (χ2v) is 6.74. The van der Waals surface area contributed by atoms with E-state index >= 15 is 0 Å². The monoisotopic (exact) mass is 324 g/mol. The summed E-state index contributed by atoms with van der Waals surface area (Å²) in [5, 5.41) is 3.94. The van der Waals surface area contributed by atoms with Crippen LogP contribution in [-0.4, -0.2) is 18.7 Å². The number of hydrogen-bond donors (Lipinski definition) is 1. The minimum atomic E-state index is -0.288. The van der Waals surface area contributed by atoms with Gasteiger partial charge in [-0.1, -0.05) is 63.2 Å². The quantitative estimate of drug-likeness (QED) is 0.671. The van der Waals surface area contributed by atoms with Crippen LogP contribution in [0.3, 0.4) is 0 Å². The van der Waals surface area contributed by atoms with Gasteiger partial charge in [0.05, 0.1) is 6.21 Å². The van der Waals surface area contributed by atoms with Crippen molar-refractivity contribution in [3.63, 3.8) is 0 Å². The van der Waals surface area contributed by atoms with E-state index in [4.69, 9.17) is 4.74 Å². The standard InChI is InChI=1S/C20H24N2O2/c1-15-10-11-17(20(2,3)4)18(12-15)24-14-19(23)22-21-13-16-8-6-5-7-9-16/h5-13H,14H2,1-4H3,(H,22,23). The molecule has 2 rings (SSSR count). The van der Waals surface area contributed by atoms with Gasteiger partial charge in [-0.25, -0.2) is 5.43 Å². The summed E-state index contributed by atoms with van der Waals surface area (Å²) in [6.07, 6.45) is 1.60. The molecule has 0 aliphatic rings. The first kappa shape index (κ1) is 17.7. The van der Waals surface area contributed by atoms with E-state index in [9.17, 15) is 4.79 Å². The fraction of sp³-hybridized carbons (Fsp3) is 0.300. The average Bonchev–Trinajstić information content (AvgIpc) is 2.53. The first-order valence-corrected chi connectivity index (χ1v) is 7.97. The van der Waals surface area contributed by atoms with Crippen molar-refractivity contribution in [3.05, 3.63) is 65.2 Å². The van der Waals surface area contributed by atoms with E-state index in [0.717, 1.165) is 22.4 Å². The lowest BCUT2D eigenvalue weighted by Crippen LogP contribution is -2.25. The van der Waals surface area contributed by atoms with Gasteiger partial charge < -0.3 is 4.74 Å². The number of benzene rings is 2. The fourth-order valence-electron chi connectivity index (χ4n) is 2.26. The molecule has 0 radical (unpaired) electrons. The van der Waals surface area contributed by atoms with Crippen LogP contribution in [0.15, 0.2) is 53.6 Å². The van der Waals surface area contributed by atoms with Crippen LogP contribution in [0.1, 0.15) is 37.5 Å². The summed E-state index contributed by atoms with van der Waals surface area (Å²) >= 11 is 0. The molecule has 0 atom stereocenters. The lowest BCUT2D eigenvalue weighted by atomic mass is 9.86. The molecule has 0 spiro atoms. The molecule has 0 heterocycles. The molecular weight excluding hydrogens is 300 g/mol. The zero-order valence-electron chi connectivity index (χ0n) is 14.7. The number of hydrogen-bond acceptors (Lipinski definition) is 3. The first-order chi connectivity index (χ1) is 11.4. The topological polar surface area (TPSA) is 50.7 Å². The largest absolute Gasteiger partial charge is 0.483 e. The number of rotatable bonds is 5. The van der Waals surface area contributed by atoms with Gasteiger partial charge in [-0.05, 0) is 35.1 Å². The van der Waals surface area contributed by atoms with Gasteiger partial charge >= 0.3 is 0 Å². The highest BCUT2D eigenvalue weighted by atomic mass is 16.5. The Morgan fingerprint density at radius 1 is 1.17 bits per heavy atom. The number of nitrogens with zero attached hydrogens (tertiary/aromatic N) is 1. The van der Waals surface area contributed by atoms with Crippen molar-refractivity contribution in [3.8, 4) is 5.75 Å². The average molecular weight is 324 g/mol. The summed E-state index contributed by atoms with van der Waals surface area (Å²) in [7, 11) is 0. The van der Waals surface area contributed by atoms with Gasteiger partial charge in [-0.3, -0.25) is 4.79 Å². The molecule has 1 N–H and O–H groups in total. The summed E-state index contributed by atoms with van der Waals surface area (Å²) in [4.78, 5) is 11.9. The van der Waals surface area contributed by atoms with Gasteiger partial charge in [0.1, 0.15) is 5.75 Å². The van der Waals surface area contributed by atoms with E-state index in [1.54, 1.807) is 6.21 Å². The molecule has 24 heavy (non-hydrogen) atoms. The zero-order valence-corrected chi connectivity index (χ0v) is 14.7. The van der Waals surface area contributed by atoms with Crippen LogP contribution >= 0.6 is 0 Å². The Kier molecular flexibility index (Phi) is 5.74. The van der Waals surface area contributed by atoms with Crippen LogP contribution in [-0.2, 0) is 10.2 Å². The van der Waals surface area contributed by atoms with E-state index in [-0.39, 0.29) is 17.9 Å². The highest BCUT2D eigenvalue weighted by Gasteiger charge is 2.19. The molecule has 1 amide bonds. The van der Waals surface area contributed by atoms with Crippen molar-refractivity contribution in [2.24, 2.45) is 5.10 Å². The second kappa shape index (κ2) is 7.77. The zero-order chi connectivity index (χ0) is 17.6. The molecule has 0 fully saturated rings. The predicted molar refractivity (Wildman–Crippen MR) is 97.6 cm³/mol. The normalized spacial score (nSPS) is 11.5. The number of nitrogens with one attached hydrogen (secondary N) is 1. The molecule has 0 aliphatic heterocycles. The fourth-order valence-corrected chi connectivity index (χ4v) is 2.26. The maximum atomic E-state index is 11.9. The molecule has 4 nitrogen and oxygen atoms in total. The minimum Gasteiger partial charge on any atom is -0.483 e. The highest BCUT2D eigenvalue weighted by molar-refractivity contribution is 5.82. The van der Waals surface area contributed by atoms with Gasteiger partial charge in [0, 0.05) is 0 Å². The number of carbonyl (C=O) groups is 1. The molecule has 0 aliphatic carbocycles.